The van der Waals surface area contributed by atoms with Gasteiger partial charge in [-0.15, -0.1) is 4.37 Å². The molecule has 178 valence electrons. The number of fused-ring (bicyclic) bond motifs is 2. The smallest absolute Gasteiger partial charge is 0.330 e. The average molecular weight is 483 g/mol. The predicted molar refractivity (Wildman–Crippen MR) is 127 cm³/mol. The lowest BCUT2D eigenvalue weighted by Crippen LogP contribution is -2.36. The molecule has 11 nitrogen and oxygen atoms in total. The number of nitrogens with zero attached hydrogens (tertiary/aromatic N) is 6. The number of nitriles is 1. The third-order valence-electron chi connectivity index (χ3n) is 6.67. The number of likely N-dealkylation sites (tertiary alicyclic amines) is 1. The number of hydrogen-bond acceptors (Lipinski definition) is 9. The zero-order valence-electron chi connectivity index (χ0n) is 18.9. The molecule has 0 radical (unpaired) electrons. The molecule has 34 heavy (non-hydrogen) atoms. The number of carbonyl (C=O) groups is 1. The SMILES string of the molecule is CC(O)COc1nsc(NC(=O)N2C[C@H]3CC(N(C)c4c(C#N)cnc5[nH]ccc45)C[C@H]3C2)n1. The molecule has 1 aliphatic heterocycles. The summed E-state index contributed by atoms with van der Waals surface area (Å²) >= 11 is 1.05. The first kappa shape index (κ1) is 22.4. The van der Waals surface area contributed by atoms with Crippen LogP contribution in [-0.4, -0.2) is 74.3 Å². The zero-order valence-corrected chi connectivity index (χ0v) is 19.7. The van der Waals surface area contributed by atoms with Crippen molar-refractivity contribution in [3.05, 3.63) is 24.0 Å². The molecule has 2 fully saturated rings. The topological polar surface area (TPSA) is 143 Å². The number of aliphatic hydroxyl groups is 1. The highest BCUT2D eigenvalue weighted by molar-refractivity contribution is 7.10. The third-order valence-corrected chi connectivity index (χ3v) is 7.28. The molecule has 2 amide bonds. The lowest BCUT2D eigenvalue weighted by atomic mass is 10.0. The van der Waals surface area contributed by atoms with Crippen molar-refractivity contribution < 1.29 is 14.6 Å². The molecule has 2 unspecified atom stereocenters. The van der Waals surface area contributed by atoms with Crippen LogP contribution in [0.2, 0.25) is 0 Å². The van der Waals surface area contributed by atoms with E-state index >= 15 is 0 Å². The molecule has 0 bridgehead atoms. The van der Waals surface area contributed by atoms with Crippen molar-refractivity contribution in [1.82, 2.24) is 24.2 Å². The van der Waals surface area contributed by atoms with Gasteiger partial charge < -0.3 is 24.6 Å². The minimum Gasteiger partial charge on any atom is -0.460 e. The number of aromatic amines is 1. The molecule has 0 aromatic carbocycles. The van der Waals surface area contributed by atoms with Gasteiger partial charge in [0.2, 0.25) is 5.13 Å². The molecule has 1 aliphatic carbocycles. The molecule has 12 heteroatoms. The minimum absolute atomic E-state index is 0.0974. The molecular formula is C22H26N8O3S. The fourth-order valence-corrected chi connectivity index (χ4v) is 5.58. The zero-order chi connectivity index (χ0) is 23.8. The van der Waals surface area contributed by atoms with Crippen molar-refractivity contribution in [2.24, 2.45) is 11.8 Å². The Kier molecular flexibility index (Phi) is 5.97. The first-order chi connectivity index (χ1) is 16.4. The average Bonchev–Trinajstić information content (AvgIpc) is 3.59. The Morgan fingerprint density at radius 3 is 2.94 bits per heavy atom. The molecule has 3 N–H and O–H groups in total. The van der Waals surface area contributed by atoms with Crippen LogP contribution in [0.4, 0.5) is 15.6 Å². The van der Waals surface area contributed by atoms with Crippen molar-refractivity contribution in [1.29, 1.82) is 5.26 Å². The molecule has 4 atom stereocenters. The van der Waals surface area contributed by atoms with Crippen LogP contribution in [0.3, 0.4) is 0 Å². The van der Waals surface area contributed by atoms with E-state index in [9.17, 15) is 15.2 Å². The van der Waals surface area contributed by atoms with Crippen molar-refractivity contribution in [3.8, 4) is 12.1 Å². The highest BCUT2D eigenvalue weighted by Gasteiger charge is 2.44. The van der Waals surface area contributed by atoms with Gasteiger partial charge in [-0.1, -0.05) is 0 Å². The first-order valence-electron chi connectivity index (χ1n) is 11.2. The van der Waals surface area contributed by atoms with Crippen LogP contribution in [0.25, 0.3) is 11.0 Å². The highest BCUT2D eigenvalue weighted by Crippen LogP contribution is 2.42. The number of nitrogens with one attached hydrogen (secondary N) is 2. The van der Waals surface area contributed by atoms with Gasteiger partial charge in [0.05, 0.1) is 17.4 Å². The first-order valence-corrected chi connectivity index (χ1v) is 12.0. The van der Waals surface area contributed by atoms with E-state index < -0.39 is 6.10 Å². The van der Waals surface area contributed by atoms with Crippen molar-refractivity contribution in [2.75, 3.05) is 37.0 Å². The summed E-state index contributed by atoms with van der Waals surface area (Å²) in [5, 5.41) is 23.1. The Bertz CT molecular complexity index is 1220. The number of aliphatic hydroxyl groups excluding tert-OH is 1. The molecule has 3 aromatic rings. The van der Waals surface area contributed by atoms with E-state index in [0.717, 1.165) is 41.1 Å². The van der Waals surface area contributed by atoms with E-state index in [2.05, 4.69) is 35.6 Å². The van der Waals surface area contributed by atoms with Gasteiger partial charge in [-0.05, 0) is 37.7 Å². The van der Waals surface area contributed by atoms with E-state index in [1.807, 2.05) is 24.2 Å². The maximum atomic E-state index is 12.8. The molecule has 1 saturated carbocycles. The van der Waals surface area contributed by atoms with Crippen LogP contribution in [0, 0.1) is 23.2 Å². The Balaban J connectivity index is 1.20. The summed E-state index contributed by atoms with van der Waals surface area (Å²) in [7, 11) is 2.05. The molecular weight excluding hydrogens is 456 g/mol. The number of H-pyrrole nitrogens is 1. The minimum atomic E-state index is -0.618. The van der Waals surface area contributed by atoms with Crippen molar-refractivity contribution in [2.45, 2.75) is 31.9 Å². The molecule has 5 rings (SSSR count). The summed E-state index contributed by atoms with van der Waals surface area (Å²) in [4.78, 5) is 28.4. The van der Waals surface area contributed by atoms with Crippen LogP contribution >= 0.6 is 11.5 Å². The van der Waals surface area contributed by atoms with Crippen LogP contribution in [0.5, 0.6) is 6.01 Å². The standard InChI is InChI=1S/C22H26N8O3S/c1-12(31)11-33-20-26-21(34-28-20)27-22(32)30-9-13-5-16(6-14(13)10-30)29(2)18-15(7-23)8-25-19-17(18)3-4-24-19/h3-4,8,12-14,16,31H,5-6,9-11H2,1-2H3,(H,24,25)(H,26,27,28,32)/t12?,13-,14+,16?. The number of urea groups is 1. The van der Waals surface area contributed by atoms with Crippen molar-refractivity contribution in [3.63, 3.8) is 0 Å². The molecule has 0 spiro atoms. The van der Waals surface area contributed by atoms with E-state index in [-0.39, 0.29) is 18.6 Å². The fourth-order valence-electron chi connectivity index (χ4n) is 5.07. The Hall–Kier alpha value is -3.43. The van der Waals surface area contributed by atoms with Gasteiger partial charge in [-0.25, -0.2) is 9.78 Å². The van der Waals surface area contributed by atoms with Crippen LogP contribution in [0.1, 0.15) is 25.3 Å². The Morgan fingerprint density at radius 1 is 1.47 bits per heavy atom. The van der Waals surface area contributed by atoms with Gasteiger partial charge >= 0.3 is 12.0 Å². The predicted octanol–water partition coefficient (Wildman–Crippen LogP) is 2.42. The summed E-state index contributed by atoms with van der Waals surface area (Å²) < 4.78 is 9.31. The molecule has 3 aromatic heterocycles. The fraction of sp³-hybridized carbons (Fsp3) is 0.500. The second kappa shape index (κ2) is 9.08. The number of carbonyl (C=O) groups excluding carboxylic acids is 1. The summed E-state index contributed by atoms with van der Waals surface area (Å²) in [6, 6.07) is 4.50. The highest BCUT2D eigenvalue weighted by atomic mass is 32.1. The second-order valence-electron chi connectivity index (χ2n) is 9.01. The monoisotopic (exact) mass is 482 g/mol. The number of hydrogen-bond donors (Lipinski definition) is 3. The summed E-state index contributed by atoms with van der Waals surface area (Å²) in [5.74, 6) is 0.818. The summed E-state index contributed by atoms with van der Waals surface area (Å²) in [5.41, 5.74) is 2.26. The Morgan fingerprint density at radius 2 is 2.24 bits per heavy atom. The second-order valence-corrected chi connectivity index (χ2v) is 9.76. The summed E-state index contributed by atoms with van der Waals surface area (Å²) in [6.07, 6.45) is 4.77. The number of amides is 2. The third kappa shape index (κ3) is 4.24. The number of pyridine rings is 1. The van der Waals surface area contributed by atoms with Gasteiger partial charge in [-0.3, -0.25) is 5.32 Å². The van der Waals surface area contributed by atoms with E-state index in [1.165, 1.54) is 0 Å². The molecule has 1 saturated heterocycles. The maximum Gasteiger partial charge on any atom is 0.330 e. The number of aromatic nitrogens is 4. The Labute approximate surface area is 200 Å². The quantitative estimate of drug-likeness (QED) is 0.486. The largest absolute Gasteiger partial charge is 0.460 e. The van der Waals surface area contributed by atoms with E-state index in [4.69, 9.17) is 4.74 Å². The summed E-state index contributed by atoms with van der Waals surface area (Å²) in [6.45, 7) is 3.08. The van der Waals surface area contributed by atoms with Gasteiger partial charge in [0.25, 0.3) is 0 Å². The maximum absolute atomic E-state index is 12.8. The van der Waals surface area contributed by atoms with Crippen molar-refractivity contribution >= 4 is 39.4 Å². The van der Waals surface area contributed by atoms with Gasteiger partial charge in [0.15, 0.2) is 0 Å². The number of anilines is 2. The van der Waals surface area contributed by atoms with Crippen LogP contribution in [-0.2, 0) is 0 Å². The molecule has 4 heterocycles. The number of rotatable bonds is 6. The number of ether oxygens (including phenoxy) is 1. The van der Waals surface area contributed by atoms with Crippen LogP contribution in [0.15, 0.2) is 18.5 Å². The lowest BCUT2D eigenvalue weighted by molar-refractivity contribution is 0.117. The van der Waals surface area contributed by atoms with Gasteiger partial charge in [0.1, 0.15) is 18.3 Å². The van der Waals surface area contributed by atoms with E-state index in [0.29, 0.717) is 41.7 Å². The molecule has 2 aliphatic rings. The van der Waals surface area contributed by atoms with Gasteiger partial charge in [-0.2, -0.15) is 10.2 Å². The van der Waals surface area contributed by atoms with Crippen LogP contribution < -0.4 is 15.0 Å². The normalized spacial score (nSPS) is 22.4. The van der Waals surface area contributed by atoms with E-state index in [1.54, 1.807) is 13.1 Å². The lowest BCUT2D eigenvalue weighted by Gasteiger charge is -2.29. The van der Waals surface area contributed by atoms with Gasteiger partial charge in [0, 0.05) is 55.5 Å².